The summed E-state index contributed by atoms with van der Waals surface area (Å²) in [6.07, 6.45) is -1.35. The molecule has 4 aromatic rings. The number of halogens is 1. The molecular formula is C74H105ClN10O19S7. The molecule has 0 aliphatic carbocycles. The first-order valence-electron chi connectivity index (χ1n) is 35.4. The van der Waals surface area contributed by atoms with Gasteiger partial charge < -0.3 is 42.0 Å². The molecule has 0 bridgehead atoms. The van der Waals surface area contributed by atoms with Gasteiger partial charge in [-0.2, -0.15) is 4.72 Å². The van der Waals surface area contributed by atoms with Crippen molar-refractivity contribution in [3.05, 3.63) is 109 Å². The standard InChI is InChI=1S/C20H22N2O4S2.C13H22N2O4S.C12H9ClO2S.C10H19NO4.2C8H14N2O2S.C3H5NOS/c1-14(2)18(19(23)22-12-13-27-20(22)24)21-28(25,26)17-10-8-16(9-11-17)15-6-4-3-5-7-15;1-8(2)9(14-11(17)19-13(3,4)5)10(16)15-6-7-20-12(15)18;13-16(14,15)12-8-6-11(7-9-12)10-4-2-1-3-5-10;1-6(2)7(8(12)13)11-9(14)15-10(3,4)5;2*1-5(2)6(9)7(11)10-3-4-13-8(10)12;5-3-4-1-2-6-3/h3-11,14,18,21H,12-13H2,1-2H3;8-9H,6-7H2,1-5H3,(H,14,17);1-9H;6-7H,1-5H3,(H,11,14)(H,12,13);2*5-6H,3-4,9H2,1-2H3;1-2H2,(H,4,5)/t18-;9-;;7-;2*6-;/m11.111./s1. The van der Waals surface area contributed by atoms with Crippen LogP contribution < -0.4 is 32.1 Å². The summed E-state index contributed by atoms with van der Waals surface area (Å²) in [5.41, 5.74) is 13.9. The number of carbonyl (C=O) groups excluding carboxylic acids is 11. The van der Waals surface area contributed by atoms with Gasteiger partial charge in [0.1, 0.15) is 29.3 Å². The van der Waals surface area contributed by atoms with Gasteiger partial charge in [-0.1, -0.05) is 213 Å². The molecule has 11 amide bonds. The molecule has 614 valence electrons. The van der Waals surface area contributed by atoms with Gasteiger partial charge in [0.2, 0.25) is 27.7 Å². The molecule has 0 radical (unpaired) electrons. The fourth-order valence-corrected chi connectivity index (χ4v) is 15.3. The second-order valence-corrected chi connectivity index (χ2v) is 38.2. The third-order valence-electron chi connectivity index (χ3n) is 15.7. The van der Waals surface area contributed by atoms with E-state index < -0.39 is 84.5 Å². The predicted molar refractivity (Wildman–Crippen MR) is 439 cm³/mol. The van der Waals surface area contributed by atoms with Crippen molar-refractivity contribution in [2.75, 3.05) is 61.5 Å². The Kier molecular flexibility index (Phi) is 40.8. The molecule has 5 heterocycles. The van der Waals surface area contributed by atoms with Crippen LogP contribution in [-0.4, -0.2) is 212 Å². The number of imide groups is 4. The van der Waals surface area contributed by atoms with Gasteiger partial charge >= 0.3 is 18.2 Å². The predicted octanol–water partition coefficient (Wildman–Crippen LogP) is 12.3. The maximum Gasteiger partial charge on any atom is 0.408 e. The zero-order valence-electron chi connectivity index (χ0n) is 65.2. The lowest BCUT2D eigenvalue weighted by molar-refractivity contribution is -0.140. The number of nitrogens with two attached hydrogens (primary N) is 2. The minimum Gasteiger partial charge on any atom is -0.480 e. The van der Waals surface area contributed by atoms with Crippen LogP contribution in [0.2, 0.25) is 0 Å². The number of alkyl carbamates (subject to hydrolysis) is 2. The monoisotopic (exact) mass is 1700 g/mol. The molecule has 5 aliphatic heterocycles. The molecule has 29 nitrogen and oxygen atoms in total. The highest BCUT2D eigenvalue weighted by atomic mass is 35.7. The third kappa shape index (κ3) is 34.1. The van der Waals surface area contributed by atoms with Crippen molar-refractivity contribution in [3.63, 3.8) is 0 Å². The SMILES string of the molecule is CC(C)[C@@H](N)C(=O)N1CCSC1=O.CC(C)[C@@H](N)C(=O)N1CCSC1=O.CC(C)[C@@H](NC(=O)OC(C)(C)C)C(=O)N1CCSC1=O.CC(C)[C@@H](NC(=O)OC(C)(C)C)C(=O)O.CC(C)[C@@H](NS(=O)(=O)c1ccc(-c2ccccc2)cc1)C(=O)N1CCSC1=O.O=C1NCCS1.O=S(=O)(Cl)c1ccc(-c2ccccc2)cc1. The second-order valence-electron chi connectivity index (χ2n) is 28.7. The maximum absolute atomic E-state index is 12.8. The lowest BCUT2D eigenvalue weighted by Crippen LogP contribution is -2.52. The van der Waals surface area contributed by atoms with Crippen molar-refractivity contribution in [2.45, 2.75) is 162 Å². The van der Waals surface area contributed by atoms with Gasteiger partial charge in [0.05, 0.1) is 21.9 Å². The molecule has 0 unspecified atom stereocenters. The number of nitrogens with zero attached hydrogens (tertiary/aromatic N) is 4. The molecule has 5 aliphatic rings. The number of thioether (sulfide) groups is 5. The molecule has 0 saturated carbocycles. The van der Waals surface area contributed by atoms with Crippen LogP contribution in [0.15, 0.2) is 119 Å². The third-order valence-corrected chi connectivity index (χ3v) is 22.7. The molecule has 0 spiro atoms. The molecule has 5 saturated heterocycles. The van der Waals surface area contributed by atoms with Crippen LogP contribution >= 0.6 is 69.5 Å². The van der Waals surface area contributed by atoms with Gasteiger partial charge in [-0.25, -0.2) is 31.2 Å². The summed E-state index contributed by atoms with van der Waals surface area (Å²) in [4.78, 5) is 143. The van der Waals surface area contributed by atoms with Crippen molar-refractivity contribution in [3.8, 4) is 22.3 Å². The number of carboxylic acid groups (broad SMARTS) is 1. The molecular weight excluding hydrogens is 1590 g/mol. The van der Waals surface area contributed by atoms with E-state index in [0.717, 1.165) is 63.0 Å². The molecule has 111 heavy (non-hydrogen) atoms. The Bertz CT molecular complexity index is 3990. The molecule has 5 fully saturated rings. The average molecular weight is 1700 g/mol. The van der Waals surface area contributed by atoms with Gasteiger partial charge in [-0.3, -0.25) is 62.8 Å². The summed E-state index contributed by atoms with van der Waals surface area (Å²) >= 11 is 5.87. The van der Waals surface area contributed by atoms with Crippen LogP contribution in [0.1, 0.15) is 111 Å². The Morgan fingerprint density at radius 3 is 1.00 bits per heavy atom. The number of rotatable bonds is 18. The first-order valence-corrected chi connectivity index (χ1v) is 44.1. The minimum absolute atomic E-state index is 0.0749. The molecule has 5 atom stereocenters. The van der Waals surface area contributed by atoms with Crippen LogP contribution in [0, 0.1) is 29.6 Å². The lowest BCUT2D eigenvalue weighted by atomic mass is 10.0. The Morgan fingerprint density at radius 2 is 0.748 bits per heavy atom. The van der Waals surface area contributed by atoms with Gasteiger partial charge in [0.25, 0.3) is 41.2 Å². The fraction of sp³-hybridized carbons (Fsp3) is 0.514. The number of sulfonamides is 1. The Morgan fingerprint density at radius 1 is 0.441 bits per heavy atom. The summed E-state index contributed by atoms with van der Waals surface area (Å²) < 4.78 is 60.3. The second kappa shape index (κ2) is 46.2. The number of aliphatic carboxylic acids is 1. The van der Waals surface area contributed by atoms with Gasteiger partial charge in [0.15, 0.2) is 0 Å². The summed E-state index contributed by atoms with van der Waals surface area (Å²) in [5, 5.41) is 15.5. The van der Waals surface area contributed by atoms with Crippen LogP contribution in [0.5, 0.6) is 0 Å². The van der Waals surface area contributed by atoms with E-state index in [1.165, 1.54) is 74.3 Å². The van der Waals surface area contributed by atoms with Crippen molar-refractivity contribution in [1.29, 1.82) is 0 Å². The number of nitrogens with one attached hydrogen (secondary N) is 4. The maximum atomic E-state index is 12.8. The number of carbonyl (C=O) groups is 12. The van der Waals surface area contributed by atoms with E-state index in [4.69, 9.17) is 36.7 Å². The van der Waals surface area contributed by atoms with E-state index in [-0.39, 0.29) is 83.3 Å². The Hall–Kier alpha value is -7.26. The highest BCUT2D eigenvalue weighted by Gasteiger charge is 2.39. The van der Waals surface area contributed by atoms with Crippen molar-refractivity contribution >= 4 is 157 Å². The van der Waals surface area contributed by atoms with Crippen LogP contribution in [0.25, 0.3) is 22.3 Å². The van der Waals surface area contributed by atoms with E-state index >= 15 is 0 Å². The zero-order valence-corrected chi connectivity index (χ0v) is 71.7. The first kappa shape index (κ1) is 97.9. The first-order chi connectivity index (χ1) is 51.6. The highest BCUT2D eigenvalue weighted by molar-refractivity contribution is 8.15. The van der Waals surface area contributed by atoms with Crippen LogP contribution in [-0.2, 0) is 52.5 Å². The lowest BCUT2D eigenvalue weighted by Gasteiger charge is -2.27. The van der Waals surface area contributed by atoms with E-state index in [1.807, 2.05) is 102 Å². The normalized spacial score (nSPS) is 16.3. The molecule has 9 rings (SSSR count). The van der Waals surface area contributed by atoms with Crippen LogP contribution in [0.3, 0.4) is 0 Å². The number of hydrogen-bond donors (Lipinski definition) is 7. The zero-order chi connectivity index (χ0) is 84.1. The number of carboxylic acids is 1. The van der Waals surface area contributed by atoms with E-state index in [9.17, 15) is 74.4 Å². The van der Waals surface area contributed by atoms with Gasteiger partial charge in [-0.15, -0.1) is 0 Å². The van der Waals surface area contributed by atoms with Crippen molar-refractivity contribution in [2.24, 2.45) is 41.1 Å². The smallest absolute Gasteiger partial charge is 0.408 e. The Balaban J connectivity index is 0.000000347. The van der Waals surface area contributed by atoms with E-state index in [1.54, 1.807) is 93.5 Å². The molecule has 0 aromatic heterocycles. The van der Waals surface area contributed by atoms with Crippen LogP contribution in [0.4, 0.5) is 33.6 Å². The molecule has 37 heteroatoms. The summed E-state index contributed by atoms with van der Waals surface area (Å²) in [6, 6.07) is 28.6. The Labute approximate surface area is 677 Å². The minimum atomic E-state index is -3.91. The van der Waals surface area contributed by atoms with Crippen molar-refractivity contribution in [1.82, 2.24) is 40.3 Å². The van der Waals surface area contributed by atoms with Crippen molar-refractivity contribution < 1.29 is 89.0 Å². The number of hydrogen-bond acceptors (Lipinski definition) is 25. The average Bonchev–Trinajstić information content (AvgIpc) is 1.04. The summed E-state index contributed by atoms with van der Waals surface area (Å²) in [6.45, 7) is 31.0. The highest BCUT2D eigenvalue weighted by Crippen LogP contribution is 2.27. The van der Waals surface area contributed by atoms with Gasteiger partial charge in [0, 0.05) is 72.2 Å². The van der Waals surface area contributed by atoms with Gasteiger partial charge in [-0.05, 0) is 118 Å². The number of amides is 11. The summed E-state index contributed by atoms with van der Waals surface area (Å²) in [5.74, 6) is 0.555. The fourth-order valence-electron chi connectivity index (χ4n) is 9.49. The molecule has 4 aromatic carbocycles. The van der Waals surface area contributed by atoms with E-state index in [2.05, 4.69) is 20.7 Å². The topological polar surface area (TPSA) is 425 Å². The largest absolute Gasteiger partial charge is 0.480 e. The summed E-state index contributed by atoms with van der Waals surface area (Å²) in [7, 11) is -2.31. The number of benzene rings is 4. The quantitative estimate of drug-likeness (QED) is 0.0455. The number of ether oxygens (including phenoxy) is 2. The molecule has 9 N–H and O–H groups in total. The van der Waals surface area contributed by atoms with E-state index in [0.29, 0.717) is 49.2 Å².